The van der Waals surface area contributed by atoms with Crippen LogP contribution in [0.2, 0.25) is 0 Å². The van der Waals surface area contributed by atoms with Crippen molar-refractivity contribution >= 4 is 0 Å². The molecule has 1 atom stereocenters. The predicted octanol–water partition coefficient (Wildman–Crippen LogP) is 1.40. The van der Waals surface area contributed by atoms with E-state index in [9.17, 15) is 0 Å². The van der Waals surface area contributed by atoms with Gasteiger partial charge in [-0.1, -0.05) is 30.3 Å². The van der Waals surface area contributed by atoms with Crippen LogP contribution < -0.4 is 11.3 Å². The van der Waals surface area contributed by atoms with Crippen LogP contribution in [-0.2, 0) is 6.42 Å². The summed E-state index contributed by atoms with van der Waals surface area (Å²) >= 11 is 0. The molecule has 90 valence electrons. The van der Waals surface area contributed by atoms with Crippen molar-refractivity contribution in [1.29, 1.82) is 0 Å². The van der Waals surface area contributed by atoms with Gasteiger partial charge in [-0.05, 0) is 45.5 Å². The van der Waals surface area contributed by atoms with Crippen LogP contribution in [0.4, 0.5) is 0 Å². The molecule has 0 aliphatic carbocycles. The van der Waals surface area contributed by atoms with E-state index in [4.69, 9.17) is 5.84 Å². The van der Waals surface area contributed by atoms with E-state index < -0.39 is 0 Å². The van der Waals surface area contributed by atoms with E-state index in [2.05, 4.69) is 48.7 Å². The topological polar surface area (TPSA) is 41.3 Å². The normalized spacial score (nSPS) is 13.0. The Kier molecular flexibility index (Phi) is 6.08. The smallest absolute Gasteiger partial charge is 0.0225 e. The molecule has 16 heavy (non-hydrogen) atoms. The minimum Gasteiger partial charge on any atom is -0.309 e. The molecule has 1 unspecified atom stereocenters. The Balaban J connectivity index is 2.28. The van der Waals surface area contributed by atoms with E-state index in [-0.39, 0.29) is 0 Å². The van der Waals surface area contributed by atoms with Gasteiger partial charge >= 0.3 is 0 Å². The zero-order chi connectivity index (χ0) is 11.8. The van der Waals surface area contributed by atoms with Gasteiger partial charge in [-0.15, -0.1) is 0 Å². The van der Waals surface area contributed by atoms with Crippen LogP contribution in [0.25, 0.3) is 0 Å². The molecule has 0 saturated carbocycles. The van der Waals surface area contributed by atoms with Gasteiger partial charge in [0.25, 0.3) is 0 Å². The Bertz CT molecular complexity index is 272. The van der Waals surface area contributed by atoms with Crippen LogP contribution in [0.15, 0.2) is 30.3 Å². The fraction of sp³-hybridized carbons (Fsp3) is 0.538. The van der Waals surface area contributed by atoms with Gasteiger partial charge in [0.15, 0.2) is 0 Å². The molecule has 0 fully saturated rings. The van der Waals surface area contributed by atoms with E-state index in [1.54, 1.807) is 0 Å². The molecule has 0 aliphatic heterocycles. The Morgan fingerprint density at radius 2 is 1.88 bits per heavy atom. The number of hydrogen-bond donors (Lipinski definition) is 2. The standard InChI is InChI=1S/C13H23N3/c1-16(2)11-10-13(15-14)9-8-12-6-4-3-5-7-12/h3-7,13,15H,8-11,14H2,1-2H3. The Morgan fingerprint density at radius 3 is 2.44 bits per heavy atom. The van der Waals surface area contributed by atoms with Gasteiger partial charge in [0.05, 0.1) is 0 Å². The molecular weight excluding hydrogens is 198 g/mol. The van der Waals surface area contributed by atoms with Gasteiger partial charge in [0.2, 0.25) is 0 Å². The zero-order valence-electron chi connectivity index (χ0n) is 10.3. The van der Waals surface area contributed by atoms with Crippen LogP contribution in [-0.4, -0.2) is 31.6 Å². The Morgan fingerprint density at radius 1 is 1.19 bits per heavy atom. The first-order chi connectivity index (χ1) is 7.72. The molecule has 0 spiro atoms. The minimum atomic E-state index is 0.405. The lowest BCUT2D eigenvalue weighted by atomic mass is 10.0. The van der Waals surface area contributed by atoms with Crippen molar-refractivity contribution in [3.63, 3.8) is 0 Å². The molecular formula is C13H23N3. The van der Waals surface area contributed by atoms with Gasteiger partial charge in [0, 0.05) is 6.04 Å². The van der Waals surface area contributed by atoms with E-state index >= 15 is 0 Å². The first-order valence-corrected chi connectivity index (χ1v) is 5.87. The second-order valence-corrected chi connectivity index (χ2v) is 4.48. The third kappa shape index (κ3) is 5.26. The van der Waals surface area contributed by atoms with E-state index in [1.165, 1.54) is 5.56 Å². The highest BCUT2D eigenvalue weighted by molar-refractivity contribution is 5.14. The predicted molar refractivity (Wildman–Crippen MR) is 69.0 cm³/mol. The van der Waals surface area contributed by atoms with Crippen LogP contribution in [0.5, 0.6) is 0 Å². The van der Waals surface area contributed by atoms with Crippen LogP contribution in [0.1, 0.15) is 18.4 Å². The van der Waals surface area contributed by atoms with Gasteiger partial charge < -0.3 is 4.90 Å². The molecule has 0 aromatic heterocycles. The first-order valence-electron chi connectivity index (χ1n) is 5.87. The highest BCUT2D eigenvalue weighted by atomic mass is 15.2. The Labute approximate surface area is 98.6 Å². The molecule has 0 bridgehead atoms. The van der Waals surface area contributed by atoms with E-state index in [0.717, 1.165) is 25.8 Å². The average molecular weight is 221 g/mol. The van der Waals surface area contributed by atoms with E-state index in [1.807, 2.05) is 6.07 Å². The molecule has 0 saturated heterocycles. The second-order valence-electron chi connectivity index (χ2n) is 4.48. The average Bonchev–Trinajstić information content (AvgIpc) is 2.30. The number of nitrogens with two attached hydrogens (primary N) is 1. The summed E-state index contributed by atoms with van der Waals surface area (Å²) in [7, 11) is 4.18. The van der Waals surface area contributed by atoms with Crippen molar-refractivity contribution in [2.75, 3.05) is 20.6 Å². The van der Waals surface area contributed by atoms with Gasteiger partial charge in [0.1, 0.15) is 0 Å². The maximum atomic E-state index is 5.55. The SMILES string of the molecule is CN(C)CCC(CCc1ccccc1)NN. The molecule has 0 aliphatic rings. The monoisotopic (exact) mass is 221 g/mol. The van der Waals surface area contributed by atoms with Crippen LogP contribution in [0.3, 0.4) is 0 Å². The molecule has 3 heteroatoms. The summed E-state index contributed by atoms with van der Waals surface area (Å²) in [6, 6.07) is 11.0. The number of nitrogens with one attached hydrogen (secondary N) is 1. The highest BCUT2D eigenvalue weighted by Crippen LogP contribution is 2.06. The molecule has 0 heterocycles. The summed E-state index contributed by atoms with van der Waals surface area (Å²) in [5.41, 5.74) is 4.28. The van der Waals surface area contributed by atoms with Crippen LogP contribution in [0, 0.1) is 0 Å². The summed E-state index contributed by atoms with van der Waals surface area (Å²) < 4.78 is 0. The lowest BCUT2D eigenvalue weighted by molar-refractivity contribution is 0.351. The fourth-order valence-corrected chi connectivity index (χ4v) is 1.71. The second kappa shape index (κ2) is 7.39. The molecule has 3 N–H and O–H groups in total. The molecule has 3 nitrogen and oxygen atoms in total. The lowest BCUT2D eigenvalue weighted by Crippen LogP contribution is -2.37. The summed E-state index contributed by atoms with van der Waals surface area (Å²) in [5, 5.41) is 0. The molecule has 1 aromatic rings. The third-order valence-electron chi connectivity index (χ3n) is 2.78. The Hall–Kier alpha value is -0.900. The summed E-state index contributed by atoms with van der Waals surface area (Å²) in [6.45, 7) is 1.07. The summed E-state index contributed by atoms with van der Waals surface area (Å²) in [4.78, 5) is 2.19. The lowest BCUT2D eigenvalue weighted by Gasteiger charge is -2.18. The van der Waals surface area contributed by atoms with Gasteiger partial charge in [-0.25, -0.2) is 0 Å². The fourth-order valence-electron chi connectivity index (χ4n) is 1.71. The number of hydrogen-bond acceptors (Lipinski definition) is 3. The minimum absolute atomic E-state index is 0.405. The number of hydrazine groups is 1. The van der Waals surface area contributed by atoms with Crippen molar-refractivity contribution in [3.05, 3.63) is 35.9 Å². The van der Waals surface area contributed by atoms with E-state index in [0.29, 0.717) is 6.04 Å². The number of aryl methyl sites for hydroxylation is 1. The van der Waals surface area contributed by atoms with Crippen molar-refractivity contribution < 1.29 is 0 Å². The number of rotatable bonds is 7. The van der Waals surface area contributed by atoms with Crippen LogP contribution >= 0.6 is 0 Å². The number of benzene rings is 1. The highest BCUT2D eigenvalue weighted by Gasteiger charge is 2.06. The summed E-state index contributed by atoms with van der Waals surface area (Å²) in [5.74, 6) is 5.55. The van der Waals surface area contributed by atoms with Crippen molar-refractivity contribution in [3.8, 4) is 0 Å². The van der Waals surface area contributed by atoms with Crippen molar-refractivity contribution in [2.24, 2.45) is 5.84 Å². The molecule has 0 radical (unpaired) electrons. The van der Waals surface area contributed by atoms with Gasteiger partial charge in [-0.3, -0.25) is 11.3 Å². The van der Waals surface area contributed by atoms with Gasteiger partial charge in [-0.2, -0.15) is 0 Å². The number of nitrogens with zero attached hydrogens (tertiary/aromatic N) is 1. The molecule has 1 aromatic carbocycles. The largest absolute Gasteiger partial charge is 0.309 e. The zero-order valence-corrected chi connectivity index (χ0v) is 10.3. The van der Waals surface area contributed by atoms with Crippen molar-refractivity contribution in [1.82, 2.24) is 10.3 Å². The first kappa shape index (κ1) is 13.2. The molecule has 1 rings (SSSR count). The molecule has 0 amide bonds. The summed E-state index contributed by atoms with van der Waals surface area (Å²) in [6.07, 6.45) is 3.27. The third-order valence-corrected chi connectivity index (χ3v) is 2.78. The van der Waals surface area contributed by atoms with Crippen molar-refractivity contribution in [2.45, 2.75) is 25.3 Å². The maximum absolute atomic E-state index is 5.55. The maximum Gasteiger partial charge on any atom is 0.0225 e. The quantitative estimate of drug-likeness (QED) is 0.540.